The van der Waals surface area contributed by atoms with Crippen LogP contribution in [0.5, 0.6) is 0 Å². The molecule has 19 heavy (non-hydrogen) atoms. The number of nitrogens with one attached hydrogen (secondary N) is 1. The number of rotatable bonds is 2. The van der Waals surface area contributed by atoms with Gasteiger partial charge in [-0.3, -0.25) is 0 Å². The summed E-state index contributed by atoms with van der Waals surface area (Å²) in [5.41, 5.74) is 3.18. The van der Waals surface area contributed by atoms with Gasteiger partial charge in [-0.2, -0.15) is 0 Å². The normalized spacial score (nSPS) is 10.6. The fourth-order valence-electron chi connectivity index (χ4n) is 1.94. The van der Waals surface area contributed by atoms with Crippen LogP contribution in [0.4, 0.5) is 11.5 Å². The summed E-state index contributed by atoms with van der Waals surface area (Å²) in [6.07, 6.45) is 1.59. The summed E-state index contributed by atoms with van der Waals surface area (Å²) in [7, 11) is 0. The molecule has 3 aromatic rings. The van der Waals surface area contributed by atoms with Crippen molar-refractivity contribution in [3.05, 3.63) is 57.9 Å². The number of hydrogen-bond donors (Lipinski definition) is 1. The summed E-state index contributed by atoms with van der Waals surface area (Å²) in [5.74, 6) is 0.843. The SMILES string of the molecule is Cc1ccc2ncnc(Nc3ccc(I)cc3)c2c1. The van der Waals surface area contributed by atoms with Gasteiger partial charge in [0.2, 0.25) is 0 Å². The van der Waals surface area contributed by atoms with Gasteiger partial charge >= 0.3 is 0 Å². The van der Waals surface area contributed by atoms with Crippen LogP contribution in [-0.4, -0.2) is 9.97 Å². The van der Waals surface area contributed by atoms with Crippen molar-refractivity contribution < 1.29 is 0 Å². The number of aromatic nitrogens is 2. The zero-order valence-corrected chi connectivity index (χ0v) is 12.5. The van der Waals surface area contributed by atoms with Gasteiger partial charge in [0, 0.05) is 14.6 Å². The number of anilines is 2. The van der Waals surface area contributed by atoms with Crippen LogP contribution in [-0.2, 0) is 0 Å². The molecular formula is C15H12IN3. The van der Waals surface area contributed by atoms with Crippen LogP contribution in [0.15, 0.2) is 48.8 Å². The molecule has 3 nitrogen and oxygen atoms in total. The molecule has 0 saturated carbocycles. The lowest BCUT2D eigenvalue weighted by Gasteiger charge is -2.08. The molecule has 2 aromatic carbocycles. The summed E-state index contributed by atoms with van der Waals surface area (Å²) in [5, 5.41) is 4.39. The Kier molecular flexibility index (Phi) is 3.33. The third-order valence-electron chi connectivity index (χ3n) is 2.90. The fourth-order valence-corrected chi connectivity index (χ4v) is 2.30. The van der Waals surface area contributed by atoms with Crippen molar-refractivity contribution >= 4 is 45.0 Å². The van der Waals surface area contributed by atoms with E-state index in [0.29, 0.717) is 0 Å². The van der Waals surface area contributed by atoms with E-state index in [-0.39, 0.29) is 0 Å². The largest absolute Gasteiger partial charge is 0.340 e. The molecule has 1 aromatic heterocycles. The van der Waals surface area contributed by atoms with E-state index in [2.05, 4.69) is 69.1 Å². The quantitative estimate of drug-likeness (QED) is 0.692. The van der Waals surface area contributed by atoms with Gasteiger partial charge in [0.25, 0.3) is 0 Å². The average Bonchev–Trinajstić information content (AvgIpc) is 2.42. The summed E-state index contributed by atoms with van der Waals surface area (Å²) in [6, 6.07) is 14.4. The second kappa shape index (κ2) is 5.13. The monoisotopic (exact) mass is 361 g/mol. The standard InChI is InChI=1S/C15H12IN3/c1-10-2-7-14-13(8-10)15(18-9-17-14)19-12-5-3-11(16)4-6-12/h2-9H,1H3,(H,17,18,19). The van der Waals surface area contributed by atoms with Gasteiger partial charge in [0.15, 0.2) is 0 Å². The zero-order chi connectivity index (χ0) is 13.2. The summed E-state index contributed by atoms with van der Waals surface area (Å²) >= 11 is 2.29. The minimum atomic E-state index is 0.843. The second-order valence-electron chi connectivity index (χ2n) is 4.37. The van der Waals surface area contributed by atoms with Gasteiger partial charge in [-0.25, -0.2) is 9.97 Å². The van der Waals surface area contributed by atoms with Crippen molar-refractivity contribution in [2.45, 2.75) is 6.92 Å². The Hall–Kier alpha value is -1.69. The Labute approximate surface area is 125 Å². The van der Waals surface area contributed by atoms with Crippen LogP contribution < -0.4 is 5.32 Å². The van der Waals surface area contributed by atoms with E-state index in [1.54, 1.807) is 6.33 Å². The smallest absolute Gasteiger partial charge is 0.141 e. The predicted molar refractivity (Wildman–Crippen MR) is 86.7 cm³/mol. The van der Waals surface area contributed by atoms with Gasteiger partial charge in [-0.15, -0.1) is 0 Å². The number of nitrogens with zero attached hydrogens (tertiary/aromatic N) is 2. The first kappa shape index (κ1) is 12.3. The molecule has 1 N–H and O–H groups in total. The van der Waals surface area contributed by atoms with Crippen molar-refractivity contribution in [2.24, 2.45) is 0 Å². The Morgan fingerprint density at radius 3 is 2.58 bits per heavy atom. The molecule has 3 rings (SSSR count). The molecule has 0 fully saturated rings. The van der Waals surface area contributed by atoms with Crippen LogP contribution in [0.25, 0.3) is 10.9 Å². The Bertz CT molecular complexity index is 723. The Morgan fingerprint density at radius 1 is 1.00 bits per heavy atom. The third-order valence-corrected chi connectivity index (χ3v) is 3.62. The number of halogens is 1. The van der Waals surface area contributed by atoms with Crippen molar-refractivity contribution in [3.8, 4) is 0 Å². The van der Waals surface area contributed by atoms with Gasteiger partial charge in [0.05, 0.1) is 5.52 Å². The molecule has 1 heterocycles. The van der Waals surface area contributed by atoms with Gasteiger partial charge in [0.1, 0.15) is 12.1 Å². The molecule has 0 bridgehead atoms. The van der Waals surface area contributed by atoms with E-state index in [0.717, 1.165) is 22.4 Å². The van der Waals surface area contributed by atoms with Crippen molar-refractivity contribution in [2.75, 3.05) is 5.32 Å². The molecule has 0 amide bonds. The maximum Gasteiger partial charge on any atom is 0.141 e. The van der Waals surface area contributed by atoms with E-state index in [9.17, 15) is 0 Å². The third kappa shape index (κ3) is 2.68. The lowest BCUT2D eigenvalue weighted by atomic mass is 10.1. The van der Waals surface area contributed by atoms with Gasteiger partial charge in [-0.1, -0.05) is 11.6 Å². The predicted octanol–water partition coefficient (Wildman–Crippen LogP) is 4.29. The molecule has 0 atom stereocenters. The summed E-state index contributed by atoms with van der Waals surface area (Å²) < 4.78 is 1.21. The summed E-state index contributed by atoms with van der Waals surface area (Å²) in [4.78, 5) is 8.63. The van der Waals surface area contributed by atoms with Crippen molar-refractivity contribution in [1.29, 1.82) is 0 Å². The van der Waals surface area contributed by atoms with Gasteiger partial charge in [-0.05, 0) is 65.9 Å². The van der Waals surface area contributed by atoms with E-state index in [4.69, 9.17) is 0 Å². The van der Waals surface area contributed by atoms with E-state index >= 15 is 0 Å². The number of hydrogen-bond acceptors (Lipinski definition) is 3. The highest BCUT2D eigenvalue weighted by atomic mass is 127. The highest BCUT2D eigenvalue weighted by molar-refractivity contribution is 14.1. The topological polar surface area (TPSA) is 37.8 Å². The van der Waals surface area contributed by atoms with E-state index in [1.165, 1.54) is 9.13 Å². The Morgan fingerprint density at radius 2 is 1.79 bits per heavy atom. The Balaban J connectivity index is 2.05. The van der Waals surface area contributed by atoms with Crippen LogP contribution in [0.3, 0.4) is 0 Å². The molecule has 0 aliphatic rings. The summed E-state index contributed by atoms with van der Waals surface area (Å²) in [6.45, 7) is 2.07. The minimum Gasteiger partial charge on any atom is -0.340 e. The fraction of sp³-hybridized carbons (Fsp3) is 0.0667. The van der Waals surface area contributed by atoms with Crippen LogP contribution in [0.1, 0.15) is 5.56 Å². The van der Waals surface area contributed by atoms with Crippen LogP contribution in [0, 0.1) is 10.5 Å². The maximum atomic E-state index is 4.34. The molecule has 4 heteroatoms. The van der Waals surface area contributed by atoms with Crippen molar-refractivity contribution in [1.82, 2.24) is 9.97 Å². The maximum absolute atomic E-state index is 4.34. The van der Waals surface area contributed by atoms with Gasteiger partial charge < -0.3 is 5.32 Å². The zero-order valence-electron chi connectivity index (χ0n) is 10.4. The average molecular weight is 361 g/mol. The first-order chi connectivity index (χ1) is 9.22. The van der Waals surface area contributed by atoms with E-state index in [1.807, 2.05) is 18.2 Å². The number of aryl methyl sites for hydroxylation is 1. The molecule has 0 spiro atoms. The molecule has 0 aliphatic heterocycles. The molecular weight excluding hydrogens is 349 g/mol. The molecule has 0 aliphatic carbocycles. The van der Waals surface area contributed by atoms with E-state index < -0.39 is 0 Å². The lowest BCUT2D eigenvalue weighted by Crippen LogP contribution is -1.96. The minimum absolute atomic E-state index is 0.843. The first-order valence-electron chi connectivity index (χ1n) is 5.96. The second-order valence-corrected chi connectivity index (χ2v) is 5.62. The molecule has 0 unspecified atom stereocenters. The lowest BCUT2D eigenvalue weighted by molar-refractivity contribution is 1.21. The molecule has 94 valence electrons. The molecule has 0 saturated heterocycles. The highest BCUT2D eigenvalue weighted by Gasteiger charge is 2.04. The number of fused-ring (bicyclic) bond motifs is 1. The van der Waals surface area contributed by atoms with Crippen LogP contribution >= 0.6 is 22.6 Å². The highest BCUT2D eigenvalue weighted by Crippen LogP contribution is 2.24. The van der Waals surface area contributed by atoms with Crippen LogP contribution in [0.2, 0.25) is 0 Å². The number of benzene rings is 2. The first-order valence-corrected chi connectivity index (χ1v) is 7.04. The van der Waals surface area contributed by atoms with Crippen molar-refractivity contribution in [3.63, 3.8) is 0 Å². The molecule has 0 radical (unpaired) electrons.